The van der Waals surface area contributed by atoms with Gasteiger partial charge in [-0.05, 0) is 55.5 Å². The van der Waals surface area contributed by atoms with Gasteiger partial charge in [0.25, 0.3) is 5.91 Å². The van der Waals surface area contributed by atoms with Crippen LogP contribution in [0.1, 0.15) is 44.2 Å². The van der Waals surface area contributed by atoms with Gasteiger partial charge in [-0.1, -0.05) is 44.2 Å². The number of hydrogen-bond acceptors (Lipinski definition) is 4. The lowest BCUT2D eigenvalue weighted by Crippen LogP contribution is -2.37. The van der Waals surface area contributed by atoms with Crippen molar-refractivity contribution in [3.8, 4) is 5.75 Å². The summed E-state index contributed by atoms with van der Waals surface area (Å²) < 4.78 is 30.3. The maximum absolute atomic E-state index is 12.3. The Morgan fingerprint density at radius 3 is 2.39 bits per heavy atom. The van der Waals surface area contributed by atoms with E-state index >= 15 is 0 Å². The van der Waals surface area contributed by atoms with Gasteiger partial charge in [0.05, 0.1) is 10.6 Å². The van der Waals surface area contributed by atoms with Gasteiger partial charge < -0.3 is 10.1 Å². The van der Waals surface area contributed by atoms with Crippen LogP contribution in [0.2, 0.25) is 0 Å². The highest BCUT2D eigenvalue weighted by atomic mass is 32.2. The first kappa shape index (κ1) is 22.0. The van der Waals surface area contributed by atoms with Gasteiger partial charge in [-0.2, -0.15) is 0 Å². The molecule has 5 nitrogen and oxygen atoms in total. The van der Waals surface area contributed by atoms with E-state index in [9.17, 15) is 13.2 Å². The monoisotopic (exact) mass is 403 g/mol. The summed E-state index contributed by atoms with van der Waals surface area (Å²) in [6.07, 6.45) is -0.316. The minimum atomic E-state index is -3.33. The fourth-order valence-corrected chi connectivity index (χ4v) is 4.04. The molecule has 0 bridgehead atoms. The summed E-state index contributed by atoms with van der Waals surface area (Å²) in [7, 11) is -3.33. The molecule has 2 aromatic rings. The Bertz CT molecular complexity index is 892. The second-order valence-electron chi connectivity index (χ2n) is 7.22. The van der Waals surface area contributed by atoms with Crippen molar-refractivity contribution in [3.05, 3.63) is 59.7 Å². The maximum Gasteiger partial charge on any atom is 0.260 e. The predicted octanol–water partition coefficient (Wildman–Crippen LogP) is 3.87. The molecule has 0 heterocycles. The van der Waals surface area contributed by atoms with Gasteiger partial charge >= 0.3 is 0 Å². The molecule has 1 unspecified atom stereocenters. The number of ether oxygens (including phenoxy) is 1. The third-order valence-corrected chi connectivity index (χ3v) is 6.36. The van der Waals surface area contributed by atoms with Crippen LogP contribution < -0.4 is 10.1 Å². The molecule has 28 heavy (non-hydrogen) atoms. The van der Waals surface area contributed by atoms with Crippen LogP contribution in [0.4, 0.5) is 0 Å². The highest BCUT2D eigenvalue weighted by molar-refractivity contribution is 7.91. The molecule has 1 atom stereocenters. The SMILES string of the molecule is Cc1ccc(C(C)C)cc1OC(C)C(=O)NCCCS(=O)(=O)c1ccccc1. The van der Waals surface area contributed by atoms with Crippen molar-refractivity contribution >= 4 is 15.7 Å². The van der Waals surface area contributed by atoms with E-state index in [1.54, 1.807) is 37.3 Å². The molecular formula is C22H29NO4S. The molecule has 0 saturated carbocycles. The fourth-order valence-electron chi connectivity index (χ4n) is 2.71. The van der Waals surface area contributed by atoms with E-state index in [2.05, 4.69) is 25.2 Å². The highest BCUT2D eigenvalue weighted by Gasteiger charge is 2.17. The number of carbonyl (C=O) groups is 1. The number of amides is 1. The van der Waals surface area contributed by atoms with E-state index in [0.29, 0.717) is 23.0 Å². The summed E-state index contributed by atoms with van der Waals surface area (Å²) in [5.41, 5.74) is 2.12. The van der Waals surface area contributed by atoms with Gasteiger partial charge in [0.2, 0.25) is 0 Å². The Hall–Kier alpha value is -2.34. The van der Waals surface area contributed by atoms with Crippen molar-refractivity contribution in [1.82, 2.24) is 5.32 Å². The Labute approximate surface area is 168 Å². The van der Waals surface area contributed by atoms with Crippen molar-refractivity contribution in [2.24, 2.45) is 0 Å². The minimum Gasteiger partial charge on any atom is -0.481 e. The predicted molar refractivity (Wildman–Crippen MR) is 111 cm³/mol. The number of nitrogens with one attached hydrogen (secondary N) is 1. The Balaban J connectivity index is 1.84. The summed E-state index contributed by atoms with van der Waals surface area (Å²) in [6.45, 7) is 8.13. The van der Waals surface area contributed by atoms with Gasteiger partial charge in [-0.25, -0.2) is 8.42 Å². The van der Waals surface area contributed by atoms with Crippen LogP contribution in [0, 0.1) is 6.92 Å². The van der Waals surface area contributed by atoms with E-state index in [1.165, 1.54) is 0 Å². The molecule has 0 saturated heterocycles. The lowest BCUT2D eigenvalue weighted by molar-refractivity contribution is -0.127. The van der Waals surface area contributed by atoms with Gasteiger partial charge in [0.1, 0.15) is 5.75 Å². The van der Waals surface area contributed by atoms with Gasteiger partial charge in [-0.3, -0.25) is 4.79 Å². The molecular weight excluding hydrogens is 374 g/mol. The average Bonchev–Trinajstić information content (AvgIpc) is 2.67. The van der Waals surface area contributed by atoms with Crippen LogP contribution >= 0.6 is 0 Å². The molecule has 1 N–H and O–H groups in total. The lowest BCUT2D eigenvalue weighted by atomic mass is 10.0. The molecule has 2 rings (SSSR count). The zero-order valence-electron chi connectivity index (χ0n) is 16.9. The molecule has 1 amide bonds. The quantitative estimate of drug-likeness (QED) is 0.645. The molecule has 0 aliphatic rings. The number of carbonyl (C=O) groups excluding carboxylic acids is 1. The smallest absolute Gasteiger partial charge is 0.260 e. The van der Waals surface area contributed by atoms with Crippen LogP contribution in [-0.2, 0) is 14.6 Å². The number of rotatable bonds is 9. The molecule has 6 heteroatoms. The first-order chi connectivity index (χ1) is 13.2. The summed E-state index contributed by atoms with van der Waals surface area (Å²) in [5.74, 6) is 0.799. The first-order valence-electron chi connectivity index (χ1n) is 9.53. The van der Waals surface area contributed by atoms with Crippen LogP contribution in [0.3, 0.4) is 0 Å². The zero-order valence-corrected chi connectivity index (χ0v) is 17.8. The zero-order chi connectivity index (χ0) is 20.7. The summed E-state index contributed by atoms with van der Waals surface area (Å²) in [5, 5.41) is 2.76. The standard InChI is InChI=1S/C22H29NO4S/c1-16(2)19-12-11-17(3)21(15-19)27-18(4)22(24)23-13-8-14-28(25,26)20-9-6-5-7-10-20/h5-7,9-12,15-16,18H,8,13-14H2,1-4H3,(H,23,24). The summed E-state index contributed by atoms with van der Waals surface area (Å²) in [6, 6.07) is 14.4. The molecule has 0 spiro atoms. The lowest BCUT2D eigenvalue weighted by Gasteiger charge is -2.18. The van der Waals surface area contributed by atoms with E-state index in [0.717, 1.165) is 11.1 Å². The third-order valence-electron chi connectivity index (χ3n) is 4.54. The third kappa shape index (κ3) is 6.09. The number of benzene rings is 2. The Morgan fingerprint density at radius 1 is 1.07 bits per heavy atom. The van der Waals surface area contributed by atoms with Crippen molar-refractivity contribution in [2.75, 3.05) is 12.3 Å². The topological polar surface area (TPSA) is 72.5 Å². The normalized spacial score (nSPS) is 12.6. The molecule has 2 aromatic carbocycles. The summed E-state index contributed by atoms with van der Waals surface area (Å²) >= 11 is 0. The van der Waals surface area contributed by atoms with Crippen LogP contribution in [0.15, 0.2) is 53.4 Å². The number of sulfone groups is 1. The van der Waals surface area contributed by atoms with Crippen molar-refractivity contribution in [1.29, 1.82) is 0 Å². The van der Waals surface area contributed by atoms with Crippen LogP contribution in [-0.4, -0.2) is 32.7 Å². The van der Waals surface area contributed by atoms with Gasteiger partial charge in [0.15, 0.2) is 15.9 Å². The van der Waals surface area contributed by atoms with E-state index in [-0.39, 0.29) is 18.2 Å². The van der Waals surface area contributed by atoms with Crippen molar-refractivity contribution < 1.29 is 17.9 Å². The first-order valence-corrected chi connectivity index (χ1v) is 11.2. The Morgan fingerprint density at radius 2 is 1.75 bits per heavy atom. The van der Waals surface area contributed by atoms with Gasteiger partial charge in [-0.15, -0.1) is 0 Å². The second kappa shape index (κ2) is 9.73. The number of aryl methyl sites for hydroxylation is 1. The molecule has 0 fully saturated rings. The second-order valence-corrected chi connectivity index (χ2v) is 9.33. The molecule has 152 valence electrons. The highest BCUT2D eigenvalue weighted by Crippen LogP contribution is 2.25. The number of hydrogen-bond donors (Lipinski definition) is 1. The summed E-state index contributed by atoms with van der Waals surface area (Å²) in [4.78, 5) is 12.6. The molecule has 0 aliphatic carbocycles. The van der Waals surface area contributed by atoms with Crippen LogP contribution in [0.5, 0.6) is 5.75 Å². The van der Waals surface area contributed by atoms with Crippen molar-refractivity contribution in [3.63, 3.8) is 0 Å². The van der Waals surface area contributed by atoms with E-state index in [4.69, 9.17) is 4.74 Å². The van der Waals surface area contributed by atoms with Crippen molar-refractivity contribution in [2.45, 2.75) is 51.0 Å². The minimum absolute atomic E-state index is 0.0118. The largest absolute Gasteiger partial charge is 0.481 e. The van der Waals surface area contributed by atoms with E-state index < -0.39 is 15.9 Å². The molecule has 0 aliphatic heterocycles. The Kier molecular flexibility index (Phi) is 7.63. The molecule has 0 aromatic heterocycles. The average molecular weight is 404 g/mol. The van der Waals surface area contributed by atoms with E-state index in [1.807, 2.05) is 19.1 Å². The van der Waals surface area contributed by atoms with Crippen LogP contribution in [0.25, 0.3) is 0 Å². The molecule has 0 radical (unpaired) electrons. The van der Waals surface area contributed by atoms with Gasteiger partial charge in [0, 0.05) is 6.54 Å². The fraction of sp³-hybridized carbons (Fsp3) is 0.409. The maximum atomic E-state index is 12.3.